The number of nitrogens with one attached hydrogen (secondary N) is 1. The Morgan fingerprint density at radius 1 is 1.38 bits per heavy atom. The van der Waals surface area contributed by atoms with Gasteiger partial charge in [0.25, 0.3) is 0 Å². The van der Waals surface area contributed by atoms with Gasteiger partial charge in [0.15, 0.2) is 0 Å². The van der Waals surface area contributed by atoms with Gasteiger partial charge in [-0.3, -0.25) is 4.79 Å². The van der Waals surface area contributed by atoms with Crippen LogP contribution in [-0.2, 0) is 9.53 Å². The van der Waals surface area contributed by atoms with Crippen molar-refractivity contribution >= 4 is 17.7 Å². The Bertz CT molecular complexity index is 199. The molecule has 0 rings (SSSR count). The molecule has 16 heavy (non-hydrogen) atoms. The van der Waals surface area contributed by atoms with Crippen LogP contribution in [0.2, 0.25) is 0 Å². The molecule has 3 nitrogen and oxygen atoms in total. The molecule has 0 heterocycles. The number of esters is 1. The van der Waals surface area contributed by atoms with Gasteiger partial charge in [-0.25, -0.2) is 0 Å². The number of carbonyl (C=O) groups is 1. The first kappa shape index (κ1) is 15.8. The first-order chi connectivity index (χ1) is 7.60. The number of rotatable bonds is 9. The van der Waals surface area contributed by atoms with E-state index in [1.165, 1.54) is 18.6 Å². The summed E-state index contributed by atoms with van der Waals surface area (Å²) in [5, 5.41) is 3.22. The lowest BCUT2D eigenvalue weighted by atomic mass is 9.95. The second-order valence-electron chi connectivity index (χ2n) is 4.01. The van der Waals surface area contributed by atoms with Gasteiger partial charge >= 0.3 is 5.97 Å². The van der Waals surface area contributed by atoms with E-state index in [4.69, 9.17) is 4.74 Å². The Morgan fingerprint density at radius 2 is 2.06 bits per heavy atom. The number of methoxy groups -OCH3 is 1. The topological polar surface area (TPSA) is 38.3 Å². The predicted octanol–water partition coefficient (Wildman–Crippen LogP) is 2.45. The monoisotopic (exact) mass is 247 g/mol. The first-order valence-corrected chi connectivity index (χ1v) is 7.17. The SMILES string of the molecule is CCNC(C)(CCCCSCC)C(=O)OC. The lowest BCUT2D eigenvalue weighted by Gasteiger charge is -2.27. The summed E-state index contributed by atoms with van der Waals surface area (Å²) < 4.78 is 4.84. The summed E-state index contributed by atoms with van der Waals surface area (Å²) in [7, 11) is 1.45. The standard InChI is InChI=1S/C12H25NO2S/c1-5-13-12(3,11(14)15-4)9-7-8-10-16-6-2/h13H,5-10H2,1-4H3. The van der Waals surface area contributed by atoms with Crippen molar-refractivity contribution in [1.82, 2.24) is 5.32 Å². The van der Waals surface area contributed by atoms with Crippen LogP contribution >= 0.6 is 11.8 Å². The van der Waals surface area contributed by atoms with Crippen LogP contribution < -0.4 is 5.32 Å². The molecule has 0 aromatic carbocycles. The maximum absolute atomic E-state index is 11.7. The Kier molecular flexibility index (Phi) is 8.76. The quantitative estimate of drug-likeness (QED) is 0.502. The number of unbranched alkanes of at least 4 members (excludes halogenated alkanes) is 1. The molecule has 1 N–H and O–H groups in total. The van der Waals surface area contributed by atoms with Crippen molar-refractivity contribution in [3.05, 3.63) is 0 Å². The summed E-state index contributed by atoms with van der Waals surface area (Å²) in [6.07, 6.45) is 3.07. The smallest absolute Gasteiger partial charge is 0.325 e. The van der Waals surface area contributed by atoms with Crippen LogP contribution in [0.4, 0.5) is 0 Å². The molecule has 0 amide bonds. The molecule has 0 saturated heterocycles. The van der Waals surface area contributed by atoms with Crippen LogP contribution in [0.3, 0.4) is 0 Å². The van der Waals surface area contributed by atoms with Crippen LogP contribution in [0.5, 0.6) is 0 Å². The lowest BCUT2D eigenvalue weighted by molar-refractivity contribution is -0.148. The average Bonchev–Trinajstić information content (AvgIpc) is 2.28. The van der Waals surface area contributed by atoms with E-state index < -0.39 is 5.54 Å². The van der Waals surface area contributed by atoms with Crippen LogP contribution in [0.15, 0.2) is 0 Å². The van der Waals surface area contributed by atoms with Gasteiger partial charge in [-0.1, -0.05) is 20.3 Å². The molecule has 4 heteroatoms. The van der Waals surface area contributed by atoms with E-state index in [1.807, 2.05) is 25.6 Å². The van der Waals surface area contributed by atoms with E-state index >= 15 is 0 Å². The van der Waals surface area contributed by atoms with Gasteiger partial charge in [-0.15, -0.1) is 0 Å². The molecule has 0 fully saturated rings. The number of hydrogen-bond donors (Lipinski definition) is 1. The highest BCUT2D eigenvalue weighted by Gasteiger charge is 2.32. The fourth-order valence-electron chi connectivity index (χ4n) is 1.71. The summed E-state index contributed by atoms with van der Waals surface area (Å²) in [6.45, 7) is 6.89. The van der Waals surface area contributed by atoms with Crippen molar-refractivity contribution < 1.29 is 9.53 Å². The van der Waals surface area contributed by atoms with E-state index in [0.717, 1.165) is 25.8 Å². The van der Waals surface area contributed by atoms with Crippen LogP contribution in [0.25, 0.3) is 0 Å². The van der Waals surface area contributed by atoms with Crippen LogP contribution in [0.1, 0.15) is 40.0 Å². The molecule has 0 aliphatic carbocycles. The number of likely N-dealkylation sites (N-methyl/N-ethyl adjacent to an activating group) is 1. The second-order valence-corrected chi connectivity index (χ2v) is 5.40. The number of ether oxygens (including phenoxy) is 1. The normalized spacial score (nSPS) is 14.5. The van der Waals surface area contributed by atoms with Gasteiger partial charge in [0.1, 0.15) is 5.54 Å². The zero-order chi connectivity index (χ0) is 12.4. The molecule has 0 spiro atoms. The van der Waals surface area contributed by atoms with Gasteiger partial charge < -0.3 is 10.1 Å². The van der Waals surface area contributed by atoms with Gasteiger partial charge in [-0.2, -0.15) is 11.8 Å². The minimum absolute atomic E-state index is 0.155. The van der Waals surface area contributed by atoms with Crippen molar-refractivity contribution in [2.45, 2.75) is 45.6 Å². The highest BCUT2D eigenvalue weighted by atomic mass is 32.2. The molecule has 96 valence electrons. The molecule has 0 aromatic heterocycles. The van der Waals surface area contributed by atoms with Gasteiger partial charge in [0.05, 0.1) is 7.11 Å². The highest BCUT2D eigenvalue weighted by molar-refractivity contribution is 7.99. The van der Waals surface area contributed by atoms with Crippen molar-refractivity contribution in [2.24, 2.45) is 0 Å². The van der Waals surface area contributed by atoms with E-state index in [0.29, 0.717) is 0 Å². The highest BCUT2D eigenvalue weighted by Crippen LogP contribution is 2.17. The Balaban J connectivity index is 3.97. The molecule has 1 unspecified atom stereocenters. The van der Waals surface area contributed by atoms with Crippen LogP contribution in [0, 0.1) is 0 Å². The molecule has 0 aliphatic rings. The molecule has 0 aromatic rings. The fourth-order valence-corrected chi connectivity index (χ4v) is 2.40. The van der Waals surface area contributed by atoms with Crippen molar-refractivity contribution in [3.8, 4) is 0 Å². The molecule has 0 aliphatic heterocycles. The predicted molar refractivity (Wildman–Crippen MR) is 70.9 cm³/mol. The average molecular weight is 247 g/mol. The zero-order valence-corrected chi connectivity index (χ0v) is 11.8. The minimum atomic E-state index is -0.514. The van der Waals surface area contributed by atoms with E-state index in [-0.39, 0.29) is 5.97 Å². The zero-order valence-electron chi connectivity index (χ0n) is 11.0. The van der Waals surface area contributed by atoms with Crippen LogP contribution in [-0.4, -0.2) is 36.7 Å². The maximum atomic E-state index is 11.7. The third-order valence-electron chi connectivity index (χ3n) is 2.62. The van der Waals surface area contributed by atoms with Crippen molar-refractivity contribution in [1.29, 1.82) is 0 Å². The summed E-state index contributed by atoms with van der Waals surface area (Å²) in [5.41, 5.74) is -0.514. The minimum Gasteiger partial charge on any atom is -0.468 e. The van der Waals surface area contributed by atoms with E-state index in [2.05, 4.69) is 12.2 Å². The number of hydrogen-bond acceptors (Lipinski definition) is 4. The summed E-state index contributed by atoms with van der Waals surface area (Å²) >= 11 is 1.95. The Morgan fingerprint density at radius 3 is 2.56 bits per heavy atom. The second kappa shape index (κ2) is 8.88. The fraction of sp³-hybridized carbons (Fsp3) is 0.917. The molecular formula is C12H25NO2S. The number of thioether (sulfide) groups is 1. The van der Waals surface area contributed by atoms with E-state index in [1.54, 1.807) is 0 Å². The largest absolute Gasteiger partial charge is 0.468 e. The third kappa shape index (κ3) is 5.75. The van der Waals surface area contributed by atoms with Crippen molar-refractivity contribution in [3.63, 3.8) is 0 Å². The van der Waals surface area contributed by atoms with E-state index in [9.17, 15) is 4.79 Å². The Labute approximate surface area is 104 Å². The molecule has 0 radical (unpaired) electrons. The van der Waals surface area contributed by atoms with Gasteiger partial charge in [-0.05, 0) is 37.8 Å². The lowest BCUT2D eigenvalue weighted by Crippen LogP contribution is -2.50. The molecule has 0 saturated carbocycles. The summed E-state index contributed by atoms with van der Waals surface area (Å²) in [6, 6.07) is 0. The summed E-state index contributed by atoms with van der Waals surface area (Å²) in [4.78, 5) is 11.7. The maximum Gasteiger partial charge on any atom is 0.325 e. The third-order valence-corrected chi connectivity index (χ3v) is 3.61. The van der Waals surface area contributed by atoms with Gasteiger partial charge in [0.2, 0.25) is 0 Å². The number of carbonyl (C=O) groups excluding carboxylic acids is 1. The summed E-state index contributed by atoms with van der Waals surface area (Å²) in [5.74, 6) is 2.19. The molecule has 0 bridgehead atoms. The van der Waals surface area contributed by atoms with Gasteiger partial charge in [0, 0.05) is 0 Å². The first-order valence-electron chi connectivity index (χ1n) is 6.02. The molecular weight excluding hydrogens is 222 g/mol. The van der Waals surface area contributed by atoms with Crippen molar-refractivity contribution in [2.75, 3.05) is 25.2 Å². The Hall–Kier alpha value is -0.220. The molecule has 1 atom stereocenters.